The lowest BCUT2D eigenvalue weighted by atomic mass is 9.93. The topological polar surface area (TPSA) is 77.2 Å². The van der Waals surface area contributed by atoms with E-state index in [0.29, 0.717) is 25.3 Å². The number of hydrogen-bond donors (Lipinski definition) is 1. The Morgan fingerprint density at radius 3 is 2.21 bits per heavy atom. The predicted molar refractivity (Wildman–Crippen MR) is 79.9 cm³/mol. The van der Waals surface area contributed by atoms with E-state index < -0.39 is 9.84 Å². The molecule has 0 aliphatic rings. The zero-order chi connectivity index (χ0) is 14.7. The lowest BCUT2D eigenvalue weighted by Crippen LogP contribution is -2.15. The van der Waals surface area contributed by atoms with Gasteiger partial charge in [0, 0.05) is 18.6 Å². The van der Waals surface area contributed by atoms with Gasteiger partial charge < -0.3 is 5.73 Å². The van der Waals surface area contributed by atoms with Crippen LogP contribution in [-0.4, -0.2) is 32.3 Å². The van der Waals surface area contributed by atoms with Gasteiger partial charge in [-0.25, -0.2) is 8.42 Å². The summed E-state index contributed by atoms with van der Waals surface area (Å²) in [5, 5.41) is 0. The average molecular weight is 291 g/mol. The molecular weight excluding hydrogens is 262 g/mol. The fraction of sp³-hybridized carbons (Fsp3) is 0.929. The third-order valence-corrected chi connectivity index (χ3v) is 5.17. The van der Waals surface area contributed by atoms with Crippen LogP contribution in [0.15, 0.2) is 0 Å². The Bertz CT molecular complexity index is 333. The summed E-state index contributed by atoms with van der Waals surface area (Å²) in [6.45, 7) is 4.62. The smallest absolute Gasteiger partial charge is 0.150 e. The Morgan fingerprint density at radius 2 is 1.68 bits per heavy atom. The lowest BCUT2D eigenvalue weighted by molar-refractivity contribution is -0.119. The summed E-state index contributed by atoms with van der Waals surface area (Å²) in [6, 6.07) is 0. The fourth-order valence-electron chi connectivity index (χ4n) is 2.25. The maximum Gasteiger partial charge on any atom is 0.150 e. The second kappa shape index (κ2) is 10.4. The van der Waals surface area contributed by atoms with E-state index in [1.165, 1.54) is 0 Å². The highest BCUT2D eigenvalue weighted by Crippen LogP contribution is 2.17. The number of carbonyl (C=O) groups is 1. The molecule has 1 unspecified atom stereocenters. The molecule has 0 rings (SSSR count). The number of sulfone groups is 1. The quantitative estimate of drug-likeness (QED) is 0.598. The average Bonchev–Trinajstić information content (AvgIpc) is 2.34. The maximum atomic E-state index is 11.7. The van der Waals surface area contributed by atoms with Gasteiger partial charge in [0.15, 0.2) is 9.84 Å². The number of rotatable bonds is 12. The monoisotopic (exact) mass is 291 g/mol. The van der Waals surface area contributed by atoms with E-state index in [1.54, 1.807) is 0 Å². The molecule has 0 aromatic carbocycles. The number of nitrogens with two attached hydrogens (primary N) is 1. The molecule has 0 aromatic heterocycles. The molecule has 0 saturated heterocycles. The van der Waals surface area contributed by atoms with Crippen LogP contribution in [0.3, 0.4) is 0 Å². The Morgan fingerprint density at radius 1 is 1.00 bits per heavy atom. The van der Waals surface area contributed by atoms with Gasteiger partial charge in [-0.15, -0.1) is 0 Å². The molecular formula is C14H29NO3S. The highest BCUT2D eigenvalue weighted by molar-refractivity contribution is 7.91. The van der Waals surface area contributed by atoms with E-state index in [2.05, 4.69) is 6.92 Å². The first-order chi connectivity index (χ1) is 8.95. The SMILES string of the molecule is CCCC(CCN)CCC(=O)CCS(=O)(=O)CCC. The fourth-order valence-corrected chi connectivity index (χ4v) is 3.61. The Kier molecular flexibility index (Phi) is 10.1. The van der Waals surface area contributed by atoms with Gasteiger partial charge in [0.05, 0.1) is 5.75 Å². The van der Waals surface area contributed by atoms with Gasteiger partial charge in [0.2, 0.25) is 0 Å². The van der Waals surface area contributed by atoms with Crippen LogP contribution in [0.4, 0.5) is 0 Å². The Balaban J connectivity index is 3.97. The number of hydrogen-bond acceptors (Lipinski definition) is 4. The normalized spacial score (nSPS) is 13.4. The molecule has 0 radical (unpaired) electrons. The van der Waals surface area contributed by atoms with Crippen molar-refractivity contribution in [2.24, 2.45) is 11.7 Å². The van der Waals surface area contributed by atoms with Crippen molar-refractivity contribution in [3.05, 3.63) is 0 Å². The van der Waals surface area contributed by atoms with Crippen LogP contribution < -0.4 is 5.73 Å². The van der Waals surface area contributed by atoms with E-state index in [-0.39, 0.29) is 23.7 Å². The van der Waals surface area contributed by atoms with Gasteiger partial charge >= 0.3 is 0 Å². The zero-order valence-electron chi connectivity index (χ0n) is 12.4. The van der Waals surface area contributed by atoms with E-state index in [4.69, 9.17) is 5.73 Å². The number of ketones is 1. The summed E-state index contributed by atoms with van der Waals surface area (Å²) in [7, 11) is -3.03. The third-order valence-electron chi connectivity index (χ3n) is 3.31. The van der Waals surface area contributed by atoms with Crippen LogP contribution >= 0.6 is 0 Å². The largest absolute Gasteiger partial charge is 0.330 e. The van der Waals surface area contributed by atoms with Crippen LogP contribution in [0.1, 0.15) is 58.8 Å². The van der Waals surface area contributed by atoms with Crippen molar-refractivity contribution >= 4 is 15.6 Å². The first kappa shape index (κ1) is 18.6. The van der Waals surface area contributed by atoms with Crippen molar-refractivity contribution in [3.8, 4) is 0 Å². The molecule has 0 fully saturated rings. The first-order valence-electron chi connectivity index (χ1n) is 7.37. The highest BCUT2D eigenvalue weighted by atomic mass is 32.2. The molecule has 0 heterocycles. The molecule has 0 aromatic rings. The molecule has 0 aliphatic heterocycles. The molecule has 114 valence electrons. The lowest BCUT2D eigenvalue weighted by Gasteiger charge is -2.14. The molecule has 19 heavy (non-hydrogen) atoms. The van der Waals surface area contributed by atoms with Gasteiger partial charge in [-0.1, -0.05) is 26.7 Å². The summed E-state index contributed by atoms with van der Waals surface area (Å²) in [6.07, 6.45) is 5.27. The van der Waals surface area contributed by atoms with Crippen LogP contribution in [0.5, 0.6) is 0 Å². The molecule has 0 bridgehead atoms. The van der Waals surface area contributed by atoms with Crippen LogP contribution in [0, 0.1) is 5.92 Å². The minimum Gasteiger partial charge on any atom is -0.330 e. The van der Waals surface area contributed by atoms with Crippen molar-refractivity contribution < 1.29 is 13.2 Å². The van der Waals surface area contributed by atoms with E-state index in [1.807, 2.05) is 6.92 Å². The van der Waals surface area contributed by atoms with Gasteiger partial charge in [-0.3, -0.25) is 4.79 Å². The third kappa shape index (κ3) is 10.1. The molecule has 0 aliphatic carbocycles. The summed E-state index contributed by atoms with van der Waals surface area (Å²) in [5.41, 5.74) is 5.55. The summed E-state index contributed by atoms with van der Waals surface area (Å²) in [5.74, 6) is 0.769. The molecule has 1 atom stereocenters. The van der Waals surface area contributed by atoms with Crippen molar-refractivity contribution in [3.63, 3.8) is 0 Å². The van der Waals surface area contributed by atoms with Gasteiger partial charge in [-0.05, 0) is 31.7 Å². The van der Waals surface area contributed by atoms with Gasteiger partial charge in [0.25, 0.3) is 0 Å². The molecule has 0 saturated carbocycles. The summed E-state index contributed by atoms with van der Waals surface area (Å²) >= 11 is 0. The molecule has 0 spiro atoms. The van der Waals surface area contributed by atoms with Crippen LogP contribution in [0.25, 0.3) is 0 Å². The Labute approximate surface area is 118 Å². The second-order valence-corrected chi connectivity index (χ2v) is 7.51. The second-order valence-electron chi connectivity index (χ2n) is 5.21. The van der Waals surface area contributed by atoms with Crippen LogP contribution in [-0.2, 0) is 14.6 Å². The first-order valence-corrected chi connectivity index (χ1v) is 9.19. The molecule has 2 N–H and O–H groups in total. The maximum absolute atomic E-state index is 11.7. The zero-order valence-corrected chi connectivity index (χ0v) is 13.2. The van der Waals surface area contributed by atoms with E-state index in [9.17, 15) is 13.2 Å². The highest BCUT2D eigenvalue weighted by Gasteiger charge is 2.14. The summed E-state index contributed by atoms with van der Waals surface area (Å²) < 4.78 is 23.0. The Hall–Kier alpha value is -0.420. The van der Waals surface area contributed by atoms with Crippen LogP contribution in [0.2, 0.25) is 0 Å². The van der Waals surface area contributed by atoms with Gasteiger partial charge in [0.1, 0.15) is 5.78 Å². The van der Waals surface area contributed by atoms with Crippen molar-refractivity contribution in [1.29, 1.82) is 0 Å². The standard InChI is InChI=1S/C14H29NO3S/c1-3-5-13(8-10-15)6-7-14(16)9-12-19(17,18)11-4-2/h13H,3-12,15H2,1-2H3. The van der Waals surface area contributed by atoms with Crippen molar-refractivity contribution in [2.75, 3.05) is 18.1 Å². The molecule has 0 amide bonds. The van der Waals surface area contributed by atoms with E-state index >= 15 is 0 Å². The molecule has 5 heteroatoms. The number of Topliss-reactive ketones (excluding diaryl/α,β-unsaturated/α-hetero) is 1. The van der Waals surface area contributed by atoms with Crippen molar-refractivity contribution in [2.45, 2.75) is 58.8 Å². The molecule has 4 nitrogen and oxygen atoms in total. The van der Waals surface area contributed by atoms with Gasteiger partial charge in [-0.2, -0.15) is 0 Å². The number of carbonyl (C=O) groups excluding carboxylic acids is 1. The summed E-state index contributed by atoms with van der Waals surface area (Å²) in [4.78, 5) is 11.7. The predicted octanol–water partition coefficient (Wildman–Crippen LogP) is 2.32. The van der Waals surface area contributed by atoms with E-state index in [0.717, 1.165) is 25.7 Å². The van der Waals surface area contributed by atoms with Crippen molar-refractivity contribution in [1.82, 2.24) is 0 Å². The minimum atomic E-state index is -3.03. The minimum absolute atomic E-state index is 0.00894.